The minimum atomic E-state index is -0.633. The van der Waals surface area contributed by atoms with Crippen LogP contribution in [0.4, 0.5) is 5.13 Å². The summed E-state index contributed by atoms with van der Waals surface area (Å²) in [6.45, 7) is 7.98. The van der Waals surface area contributed by atoms with Gasteiger partial charge in [-0.1, -0.05) is 37.3 Å². The number of thiazole rings is 1. The minimum Gasteiger partial charge on any atom is -0.497 e. The Balaban J connectivity index is 1.74. The molecule has 27 heavy (non-hydrogen) atoms. The number of aryl methyl sites for hydroxylation is 1. The first-order chi connectivity index (χ1) is 12.9. The summed E-state index contributed by atoms with van der Waals surface area (Å²) < 4.78 is 12.2. The zero-order chi connectivity index (χ0) is 19.6. The van der Waals surface area contributed by atoms with E-state index < -0.39 is 6.10 Å². The SMILES string of the molecule is COc1ccc2nc(NC(=O)C(C)Oc3cc(C)ccc3C(C)C)sc2c1. The topological polar surface area (TPSA) is 60.5 Å². The van der Waals surface area contributed by atoms with Gasteiger partial charge in [0.25, 0.3) is 5.91 Å². The number of aromatic nitrogens is 1. The van der Waals surface area contributed by atoms with Gasteiger partial charge in [0.1, 0.15) is 11.5 Å². The van der Waals surface area contributed by atoms with Crippen molar-refractivity contribution in [2.75, 3.05) is 12.4 Å². The second kappa shape index (κ2) is 7.96. The van der Waals surface area contributed by atoms with E-state index in [0.717, 1.165) is 32.8 Å². The molecule has 2 aromatic carbocycles. The predicted molar refractivity (Wildman–Crippen MR) is 110 cm³/mol. The number of ether oxygens (including phenoxy) is 2. The van der Waals surface area contributed by atoms with Crippen LogP contribution < -0.4 is 14.8 Å². The van der Waals surface area contributed by atoms with E-state index in [4.69, 9.17) is 9.47 Å². The van der Waals surface area contributed by atoms with Crippen LogP contribution in [0.3, 0.4) is 0 Å². The van der Waals surface area contributed by atoms with Gasteiger partial charge in [0.2, 0.25) is 0 Å². The fourth-order valence-corrected chi connectivity index (χ4v) is 3.65. The number of carbonyl (C=O) groups excluding carboxylic acids is 1. The Hall–Kier alpha value is -2.60. The number of amides is 1. The highest BCUT2D eigenvalue weighted by molar-refractivity contribution is 7.22. The van der Waals surface area contributed by atoms with Gasteiger partial charge in [0, 0.05) is 0 Å². The summed E-state index contributed by atoms with van der Waals surface area (Å²) in [6.07, 6.45) is -0.633. The molecule has 1 unspecified atom stereocenters. The molecule has 3 rings (SSSR count). The molecule has 1 heterocycles. The van der Waals surface area contributed by atoms with Gasteiger partial charge in [-0.3, -0.25) is 10.1 Å². The number of nitrogens with zero attached hydrogens (tertiary/aromatic N) is 1. The zero-order valence-corrected chi connectivity index (χ0v) is 17.0. The molecule has 0 bridgehead atoms. The van der Waals surface area contributed by atoms with Gasteiger partial charge in [0.05, 0.1) is 17.3 Å². The minimum absolute atomic E-state index is 0.225. The summed E-state index contributed by atoms with van der Waals surface area (Å²) in [5.74, 6) is 1.61. The number of nitrogens with one attached hydrogen (secondary N) is 1. The third-order valence-corrected chi connectivity index (χ3v) is 5.22. The van der Waals surface area contributed by atoms with Crippen LogP contribution in [0.25, 0.3) is 10.2 Å². The summed E-state index contributed by atoms with van der Waals surface area (Å²) in [4.78, 5) is 17.0. The molecule has 142 valence electrons. The van der Waals surface area contributed by atoms with Crippen LogP contribution in [-0.4, -0.2) is 24.1 Å². The first kappa shape index (κ1) is 19.2. The van der Waals surface area contributed by atoms with Crippen LogP contribution in [0, 0.1) is 6.92 Å². The molecule has 0 aliphatic rings. The van der Waals surface area contributed by atoms with E-state index >= 15 is 0 Å². The number of anilines is 1. The van der Waals surface area contributed by atoms with E-state index in [1.807, 2.05) is 31.2 Å². The van der Waals surface area contributed by atoms with Gasteiger partial charge >= 0.3 is 0 Å². The highest BCUT2D eigenvalue weighted by atomic mass is 32.1. The molecule has 5 nitrogen and oxygen atoms in total. The second-order valence-corrected chi connectivity index (χ2v) is 7.83. The van der Waals surface area contributed by atoms with Gasteiger partial charge in [-0.05, 0) is 55.2 Å². The van der Waals surface area contributed by atoms with Crippen LogP contribution in [-0.2, 0) is 4.79 Å². The average molecular weight is 385 g/mol. The lowest BCUT2D eigenvalue weighted by molar-refractivity contribution is -0.122. The van der Waals surface area contributed by atoms with Crippen molar-refractivity contribution >= 4 is 32.6 Å². The van der Waals surface area contributed by atoms with Gasteiger partial charge in [-0.15, -0.1) is 0 Å². The molecule has 0 aliphatic carbocycles. The van der Waals surface area contributed by atoms with E-state index in [-0.39, 0.29) is 5.91 Å². The number of hydrogen-bond donors (Lipinski definition) is 1. The van der Waals surface area contributed by atoms with Crippen molar-refractivity contribution in [1.29, 1.82) is 0 Å². The molecule has 1 N–H and O–H groups in total. The maximum absolute atomic E-state index is 12.6. The molecule has 0 spiro atoms. The third kappa shape index (κ3) is 4.39. The number of methoxy groups -OCH3 is 1. The molecular formula is C21H24N2O3S. The number of hydrogen-bond acceptors (Lipinski definition) is 5. The van der Waals surface area contributed by atoms with Gasteiger partial charge in [-0.2, -0.15) is 0 Å². The molecule has 1 aromatic heterocycles. The monoisotopic (exact) mass is 384 g/mol. The molecule has 3 aromatic rings. The van der Waals surface area contributed by atoms with E-state index in [2.05, 4.69) is 36.3 Å². The Labute approximate surface area is 163 Å². The number of carbonyl (C=O) groups is 1. The smallest absolute Gasteiger partial charge is 0.266 e. The van der Waals surface area contributed by atoms with Crippen molar-refractivity contribution < 1.29 is 14.3 Å². The zero-order valence-electron chi connectivity index (χ0n) is 16.2. The third-order valence-electron chi connectivity index (χ3n) is 4.29. The molecule has 0 saturated carbocycles. The number of rotatable bonds is 6. The van der Waals surface area contributed by atoms with E-state index in [9.17, 15) is 4.79 Å². The first-order valence-corrected chi connectivity index (χ1v) is 9.71. The fourth-order valence-electron chi connectivity index (χ4n) is 2.76. The van der Waals surface area contributed by atoms with Crippen LogP contribution in [0.5, 0.6) is 11.5 Å². The summed E-state index contributed by atoms with van der Waals surface area (Å²) in [5.41, 5.74) is 3.01. The molecule has 0 aliphatic heterocycles. The van der Waals surface area contributed by atoms with Crippen LogP contribution in [0.15, 0.2) is 36.4 Å². The first-order valence-electron chi connectivity index (χ1n) is 8.90. The lowest BCUT2D eigenvalue weighted by Crippen LogP contribution is -2.30. The standard InChI is InChI=1S/C21H24N2O3S/c1-12(2)16-8-6-13(3)10-18(16)26-14(4)20(24)23-21-22-17-9-7-15(25-5)11-19(17)27-21/h6-12,14H,1-5H3,(H,22,23,24). The Morgan fingerprint density at radius 3 is 2.63 bits per heavy atom. The Morgan fingerprint density at radius 1 is 1.15 bits per heavy atom. The van der Waals surface area contributed by atoms with Crippen molar-refractivity contribution in [1.82, 2.24) is 4.98 Å². The molecule has 0 saturated heterocycles. The van der Waals surface area contributed by atoms with Crippen molar-refractivity contribution in [3.8, 4) is 11.5 Å². The lowest BCUT2D eigenvalue weighted by Gasteiger charge is -2.19. The van der Waals surface area contributed by atoms with Crippen molar-refractivity contribution in [3.63, 3.8) is 0 Å². The molecule has 0 fully saturated rings. The van der Waals surface area contributed by atoms with Crippen molar-refractivity contribution in [2.45, 2.75) is 39.7 Å². The van der Waals surface area contributed by atoms with Crippen LogP contribution in [0.1, 0.15) is 37.8 Å². The summed E-state index contributed by atoms with van der Waals surface area (Å²) in [7, 11) is 1.63. The van der Waals surface area contributed by atoms with E-state index in [1.54, 1.807) is 14.0 Å². The van der Waals surface area contributed by atoms with Crippen LogP contribution in [0.2, 0.25) is 0 Å². The molecule has 1 atom stereocenters. The summed E-state index contributed by atoms with van der Waals surface area (Å²) >= 11 is 1.41. The quantitative estimate of drug-likeness (QED) is 0.639. The maximum Gasteiger partial charge on any atom is 0.266 e. The lowest BCUT2D eigenvalue weighted by atomic mass is 10.0. The van der Waals surface area contributed by atoms with Crippen molar-refractivity contribution in [3.05, 3.63) is 47.5 Å². The maximum atomic E-state index is 12.6. The number of benzene rings is 2. The normalized spacial score (nSPS) is 12.2. The second-order valence-electron chi connectivity index (χ2n) is 6.80. The van der Waals surface area contributed by atoms with Gasteiger partial charge in [-0.25, -0.2) is 4.98 Å². The molecule has 1 amide bonds. The fraction of sp³-hybridized carbons (Fsp3) is 0.333. The predicted octanol–water partition coefficient (Wildman–Crippen LogP) is 5.14. The summed E-state index contributed by atoms with van der Waals surface area (Å²) in [5, 5.41) is 3.40. The van der Waals surface area contributed by atoms with Gasteiger partial charge < -0.3 is 9.47 Å². The highest BCUT2D eigenvalue weighted by Crippen LogP contribution is 2.30. The summed E-state index contributed by atoms with van der Waals surface area (Å²) in [6, 6.07) is 11.7. The average Bonchev–Trinajstić information content (AvgIpc) is 3.02. The molecule has 0 radical (unpaired) electrons. The van der Waals surface area contributed by atoms with Gasteiger partial charge in [0.15, 0.2) is 11.2 Å². The highest BCUT2D eigenvalue weighted by Gasteiger charge is 2.19. The Bertz CT molecular complexity index is 965. The molecular weight excluding hydrogens is 360 g/mol. The van der Waals surface area contributed by atoms with Crippen molar-refractivity contribution in [2.24, 2.45) is 0 Å². The van der Waals surface area contributed by atoms with E-state index in [0.29, 0.717) is 11.0 Å². The van der Waals surface area contributed by atoms with Crippen LogP contribution >= 0.6 is 11.3 Å². The Morgan fingerprint density at radius 2 is 1.93 bits per heavy atom. The Kier molecular flexibility index (Phi) is 5.65. The molecule has 6 heteroatoms. The van der Waals surface area contributed by atoms with E-state index in [1.165, 1.54) is 11.3 Å². The number of fused-ring (bicyclic) bond motifs is 1. The largest absolute Gasteiger partial charge is 0.497 e.